The van der Waals surface area contributed by atoms with Crippen LogP contribution in [0.1, 0.15) is 65.4 Å². The molecule has 0 saturated carbocycles. The molecule has 3 aliphatic heterocycles. The molecule has 0 radical (unpaired) electrons. The van der Waals surface area contributed by atoms with Crippen LogP contribution in [0.25, 0.3) is 22.3 Å². The van der Waals surface area contributed by atoms with Crippen LogP contribution < -0.4 is 10.9 Å². The van der Waals surface area contributed by atoms with Crippen molar-refractivity contribution in [3.8, 4) is 5.75 Å². The predicted octanol–water partition coefficient (Wildman–Crippen LogP) is 4.88. The van der Waals surface area contributed by atoms with Crippen molar-refractivity contribution >= 4 is 51.4 Å². The minimum absolute atomic E-state index is 0.0334. The van der Waals surface area contributed by atoms with E-state index in [-0.39, 0.29) is 65.3 Å². The summed E-state index contributed by atoms with van der Waals surface area (Å²) >= 11 is 6.14. The number of nitrogens with zero attached hydrogens (tertiary/aromatic N) is 7. The van der Waals surface area contributed by atoms with Crippen LogP contribution in [0.15, 0.2) is 53.6 Å². The van der Waals surface area contributed by atoms with E-state index < -0.39 is 47.4 Å². The lowest BCUT2D eigenvalue weighted by molar-refractivity contribution is -0.137. The molecule has 14 nitrogen and oxygen atoms in total. The first-order chi connectivity index (χ1) is 25.3. The topological polar surface area (TPSA) is 166 Å². The lowest BCUT2D eigenvalue weighted by Crippen LogP contribution is -2.47. The number of aromatic hydroxyl groups is 1. The number of carbonyl (C=O) groups is 2. The molecular weight excluding hydrogens is 721 g/mol. The minimum atomic E-state index is -4.62. The molecule has 3 aliphatic rings. The van der Waals surface area contributed by atoms with Crippen LogP contribution >= 0.6 is 11.6 Å². The van der Waals surface area contributed by atoms with E-state index >= 15 is 0 Å². The number of likely N-dealkylation sites (tertiary alicyclic amines) is 1. The number of anilines is 1. The SMILES string of the molecule is C[C@H]1OC2(CCN(C(=O)c3nc4cnccc4cc3O)CC2)c2c1n(CC(=O)Nc1ccc(C(F)(F)F)cc1Cl)c1nc(C3=CCOCC3)nn1c2=O. The number of benzene rings is 1. The minimum Gasteiger partial charge on any atom is -0.505 e. The zero-order valence-electron chi connectivity index (χ0n) is 28.0. The number of ether oxygens (including phenoxy) is 2. The maximum Gasteiger partial charge on any atom is 0.416 e. The van der Waals surface area contributed by atoms with Gasteiger partial charge in [0.15, 0.2) is 11.5 Å². The number of aromatic nitrogens is 6. The highest BCUT2D eigenvalue weighted by Crippen LogP contribution is 2.48. The zero-order valence-corrected chi connectivity index (χ0v) is 28.7. The van der Waals surface area contributed by atoms with Gasteiger partial charge in [-0.25, -0.2) is 4.98 Å². The molecule has 2 amide bonds. The van der Waals surface area contributed by atoms with E-state index in [4.69, 9.17) is 21.1 Å². The van der Waals surface area contributed by atoms with E-state index in [0.717, 1.165) is 28.3 Å². The first-order valence-electron chi connectivity index (χ1n) is 16.7. The third-order valence-electron chi connectivity index (χ3n) is 9.81. The van der Waals surface area contributed by atoms with E-state index in [1.807, 2.05) is 6.08 Å². The monoisotopic (exact) mass is 750 g/mol. The first-order valence-corrected chi connectivity index (χ1v) is 17.1. The van der Waals surface area contributed by atoms with Crippen LogP contribution in [-0.4, -0.2) is 77.3 Å². The fourth-order valence-corrected chi connectivity index (χ4v) is 7.50. The van der Waals surface area contributed by atoms with Crippen molar-refractivity contribution in [2.45, 2.75) is 50.6 Å². The van der Waals surface area contributed by atoms with Crippen molar-refractivity contribution < 1.29 is 37.3 Å². The Hall–Kier alpha value is -5.39. The van der Waals surface area contributed by atoms with Crippen LogP contribution in [0.5, 0.6) is 5.75 Å². The lowest BCUT2D eigenvalue weighted by atomic mass is 9.85. The number of amides is 2. The van der Waals surface area contributed by atoms with E-state index in [1.165, 1.54) is 21.7 Å². The van der Waals surface area contributed by atoms with Crippen LogP contribution in [0.3, 0.4) is 0 Å². The molecule has 1 aromatic carbocycles. The number of hydrogen-bond donors (Lipinski definition) is 2. The normalized spacial score (nSPS) is 18.4. The number of rotatable bonds is 5. The smallest absolute Gasteiger partial charge is 0.416 e. The summed E-state index contributed by atoms with van der Waals surface area (Å²) in [6.07, 6.45) is 0.437. The van der Waals surface area contributed by atoms with Gasteiger partial charge >= 0.3 is 6.18 Å². The van der Waals surface area contributed by atoms with Gasteiger partial charge in [0, 0.05) is 24.7 Å². The molecule has 1 spiro atoms. The van der Waals surface area contributed by atoms with Gasteiger partial charge in [-0.3, -0.25) is 19.4 Å². The summed E-state index contributed by atoms with van der Waals surface area (Å²) in [5, 5.41) is 18.1. The van der Waals surface area contributed by atoms with Crippen LogP contribution in [0, 0.1) is 0 Å². The van der Waals surface area contributed by atoms with Gasteiger partial charge < -0.3 is 29.4 Å². The Morgan fingerprint density at radius 1 is 1.15 bits per heavy atom. The molecule has 53 heavy (non-hydrogen) atoms. The molecule has 274 valence electrons. The van der Waals surface area contributed by atoms with Gasteiger partial charge in [0.25, 0.3) is 11.5 Å². The molecule has 2 N–H and O–H groups in total. The molecule has 0 unspecified atom stereocenters. The molecule has 7 heterocycles. The Labute approximate surface area is 302 Å². The second kappa shape index (κ2) is 12.9. The largest absolute Gasteiger partial charge is 0.505 e. The first kappa shape index (κ1) is 34.7. The fourth-order valence-electron chi connectivity index (χ4n) is 7.28. The van der Waals surface area contributed by atoms with Gasteiger partial charge in [0.2, 0.25) is 11.7 Å². The highest BCUT2D eigenvalue weighted by Gasteiger charge is 2.50. The van der Waals surface area contributed by atoms with E-state index in [9.17, 15) is 32.7 Å². The highest BCUT2D eigenvalue weighted by molar-refractivity contribution is 6.33. The molecule has 1 fully saturated rings. The number of halogens is 4. The van der Waals surface area contributed by atoms with Crippen LogP contribution in [-0.2, 0) is 32.6 Å². The average molecular weight is 751 g/mol. The summed E-state index contributed by atoms with van der Waals surface area (Å²) in [7, 11) is 0. The summed E-state index contributed by atoms with van der Waals surface area (Å²) in [4.78, 5) is 56.2. The predicted molar refractivity (Wildman–Crippen MR) is 183 cm³/mol. The number of hydrogen-bond acceptors (Lipinski definition) is 10. The van der Waals surface area contributed by atoms with E-state index in [0.29, 0.717) is 36.2 Å². The van der Waals surface area contributed by atoms with Crippen LogP contribution in [0.4, 0.5) is 18.9 Å². The number of piperidine rings is 1. The van der Waals surface area contributed by atoms with Crippen molar-refractivity contribution in [2.24, 2.45) is 0 Å². The van der Waals surface area contributed by atoms with Crippen molar-refractivity contribution in [2.75, 3.05) is 31.6 Å². The summed E-state index contributed by atoms with van der Waals surface area (Å²) in [5.74, 6) is -1.06. The molecule has 1 atom stereocenters. The van der Waals surface area contributed by atoms with Gasteiger partial charge in [-0.1, -0.05) is 17.7 Å². The number of carbonyl (C=O) groups excluding carboxylic acids is 2. The molecule has 18 heteroatoms. The Bertz CT molecular complexity index is 2420. The molecule has 4 aromatic heterocycles. The van der Waals surface area contributed by atoms with E-state index in [1.54, 1.807) is 19.2 Å². The molecule has 1 saturated heterocycles. The third-order valence-corrected chi connectivity index (χ3v) is 10.1. The molecule has 0 bridgehead atoms. The zero-order chi connectivity index (χ0) is 37.2. The Balaban J connectivity index is 1.15. The Morgan fingerprint density at radius 2 is 1.94 bits per heavy atom. The Kier molecular flexibility index (Phi) is 8.46. The summed E-state index contributed by atoms with van der Waals surface area (Å²) < 4.78 is 54.4. The van der Waals surface area contributed by atoms with Gasteiger partial charge in [-0.2, -0.15) is 22.7 Å². The number of pyridine rings is 2. The average Bonchev–Trinajstić information content (AvgIpc) is 3.71. The van der Waals surface area contributed by atoms with Gasteiger partial charge in [-0.15, -0.1) is 5.10 Å². The highest BCUT2D eigenvalue weighted by atomic mass is 35.5. The van der Waals surface area contributed by atoms with Crippen molar-refractivity contribution in [3.05, 3.63) is 92.5 Å². The second-order valence-corrected chi connectivity index (χ2v) is 13.5. The molecular formula is C35H30ClF3N8O6. The van der Waals surface area contributed by atoms with Gasteiger partial charge in [-0.05, 0) is 62.1 Å². The maximum atomic E-state index is 14.4. The molecule has 8 rings (SSSR count). The van der Waals surface area contributed by atoms with Gasteiger partial charge in [0.05, 0.1) is 58.6 Å². The summed E-state index contributed by atoms with van der Waals surface area (Å²) in [6, 6.07) is 5.74. The molecule has 5 aromatic rings. The lowest BCUT2D eigenvalue weighted by Gasteiger charge is -2.39. The fraction of sp³-hybridized carbons (Fsp3) is 0.343. The standard InChI is InChI=1S/C35H30ClF3N8O6/c1-18-29-27(34(53-18)7-10-45(11-8-34)32(51)28-25(48)14-20-4-9-40-16-24(20)42-28)31(50)47-33(43-30(44-47)19-5-12-52-13-6-19)46(29)17-26(49)41-23-3-2-21(15-22(23)36)35(37,38)39/h2-5,9,14-16,18,48H,6-8,10-13,17H2,1H3,(H,41,49)/t18-/m1/s1. The summed E-state index contributed by atoms with van der Waals surface area (Å²) in [5.41, 5.74) is -0.922. The number of fused-ring (bicyclic) bond motifs is 4. The quantitative estimate of drug-likeness (QED) is 0.253. The number of alkyl halides is 3. The van der Waals surface area contributed by atoms with E-state index in [2.05, 4.69) is 25.4 Å². The molecule has 0 aliphatic carbocycles. The maximum absolute atomic E-state index is 14.4. The second-order valence-electron chi connectivity index (χ2n) is 13.1. The van der Waals surface area contributed by atoms with Crippen molar-refractivity contribution in [1.82, 2.24) is 34.0 Å². The summed E-state index contributed by atoms with van der Waals surface area (Å²) in [6.45, 7) is 2.40. The van der Waals surface area contributed by atoms with Crippen LogP contribution in [0.2, 0.25) is 5.02 Å². The Morgan fingerprint density at radius 3 is 2.66 bits per heavy atom. The number of nitrogens with one attached hydrogen (secondary N) is 1. The van der Waals surface area contributed by atoms with Crippen molar-refractivity contribution in [1.29, 1.82) is 0 Å². The third kappa shape index (κ3) is 6.07. The van der Waals surface area contributed by atoms with Crippen molar-refractivity contribution in [3.63, 3.8) is 0 Å². The van der Waals surface area contributed by atoms with Gasteiger partial charge in [0.1, 0.15) is 17.9 Å².